The third kappa shape index (κ3) is 2.89. The van der Waals surface area contributed by atoms with Crippen LogP contribution in [0.25, 0.3) is 0 Å². The Hall–Kier alpha value is -0.670. The minimum Gasteiger partial charge on any atom is -0.298 e. The summed E-state index contributed by atoms with van der Waals surface area (Å²) in [4.78, 5) is 2.10. The van der Waals surface area contributed by atoms with Crippen LogP contribution in [0.3, 0.4) is 0 Å². The molecule has 82 valence electrons. The summed E-state index contributed by atoms with van der Waals surface area (Å²) in [6.07, 6.45) is 0.944. The van der Waals surface area contributed by atoms with Gasteiger partial charge in [0.05, 0.1) is 0 Å². The fourth-order valence-corrected chi connectivity index (χ4v) is 2.18. The summed E-state index contributed by atoms with van der Waals surface area (Å²) < 4.78 is 25.8. The molecule has 1 nitrogen and oxygen atoms in total. The van der Waals surface area contributed by atoms with Gasteiger partial charge in [-0.15, -0.1) is 11.6 Å². The molecule has 1 aliphatic rings. The summed E-state index contributed by atoms with van der Waals surface area (Å²) in [6, 6.07) is 3.62. The van der Waals surface area contributed by atoms with Crippen LogP contribution in [-0.2, 0) is 6.54 Å². The molecule has 1 saturated heterocycles. The predicted molar refractivity (Wildman–Crippen MR) is 55.9 cm³/mol. The van der Waals surface area contributed by atoms with Gasteiger partial charge in [-0.25, -0.2) is 8.78 Å². The quantitative estimate of drug-likeness (QED) is 0.708. The van der Waals surface area contributed by atoms with E-state index in [1.165, 1.54) is 12.1 Å². The van der Waals surface area contributed by atoms with E-state index in [1.54, 1.807) is 0 Å². The zero-order valence-electron chi connectivity index (χ0n) is 8.22. The molecule has 1 heterocycles. The van der Waals surface area contributed by atoms with Crippen molar-refractivity contribution < 1.29 is 8.78 Å². The van der Waals surface area contributed by atoms with Gasteiger partial charge < -0.3 is 0 Å². The van der Waals surface area contributed by atoms with Gasteiger partial charge in [-0.1, -0.05) is 0 Å². The van der Waals surface area contributed by atoms with Crippen LogP contribution in [0.15, 0.2) is 18.2 Å². The first kappa shape index (κ1) is 10.8. The van der Waals surface area contributed by atoms with E-state index >= 15 is 0 Å². The van der Waals surface area contributed by atoms with E-state index < -0.39 is 11.6 Å². The normalized spacial score (nSPS) is 22.2. The second-order valence-corrected chi connectivity index (χ2v) is 4.52. The average Bonchev–Trinajstić information content (AvgIpc) is 2.49. The molecule has 1 fully saturated rings. The summed E-state index contributed by atoms with van der Waals surface area (Å²) >= 11 is 5.95. The molecule has 0 N–H and O–H groups in total. The summed E-state index contributed by atoms with van der Waals surface area (Å²) in [5.41, 5.74) is 0.665. The molecule has 0 aliphatic carbocycles. The lowest BCUT2D eigenvalue weighted by molar-refractivity contribution is 0.330. The SMILES string of the molecule is Fc1cc(F)cc(CN2CCC(Cl)C2)c1. The van der Waals surface area contributed by atoms with Crippen molar-refractivity contribution in [1.29, 1.82) is 0 Å². The molecule has 0 amide bonds. The standard InChI is InChI=1S/C11H12ClF2N/c12-9-1-2-15(7-9)6-8-3-10(13)5-11(14)4-8/h3-5,9H,1-2,6-7H2. The van der Waals surface area contributed by atoms with Gasteiger partial charge in [-0.05, 0) is 30.7 Å². The number of alkyl halides is 1. The Morgan fingerprint density at radius 1 is 1.27 bits per heavy atom. The molecular formula is C11H12ClF2N. The van der Waals surface area contributed by atoms with E-state index in [0.29, 0.717) is 12.1 Å². The number of hydrogen-bond acceptors (Lipinski definition) is 1. The van der Waals surface area contributed by atoms with Gasteiger partial charge in [0.25, 0.3) is 0 Å². The number of benzene rings is 1. The summed E-state index contributed by atoms with van der Waals surface area (Å²) in [5, 5.41) is 0.170. The summed E-state index contributed by atoms with van der Waals surface area (Å²) in [5.74, 6) is -1.04. The van der Waals surface area contributed by atoms with Crippen LogP contribution < -0.4 is 0 Å². The highest BCUT2D eigenvalue weighted by Crippen LogP contribution is 2.18. The van der Waals surface area contributed by atoms with Gasteiger partial charge in [-0.3, -0.25) is 4.90 Å². The van der Waals surface area contributed by atoms with E-state index in [1.807, 2.05) is 0 Å². The van der Waals surface area contributed by atoms with Crippen molar-refractivity contribution in [3.8, 4) is 0 Å². The Morgan fingerprint density at radius 2 is 1.93 bits per heavy atom. The van der Waals surface area contributed by atoms with E-state index in [9.17, 15) is 8.78 Å². The molecule has 0 bridgehead atoms. The second-order valence-electron chi connectivity index (χ2n) is 3.90. The fourth-order valence-electron chi connectivity index (χ4n) is 1.89. The first-order chi connectivity index (χ1) is 7.13. The molecule has 1 atom stereocenters. The topological polar surface area (TPSA) is 3.24 Å². The first-order valence-electron chi connectivity index (χ1n) is 4.95. The van der Waals surface area contributed by atoms with E-state index in [2.05, 4.69) is 4.90 Å². The monoisotopic (exact) mass is 231 g/mol. The maximum Gasteiger partial charge on any atom is 0.126 e. The van der Waals surface area contributed by atoms with Gasteiger partial charge in [0.15, 0.2) is 0 Å². The molecule has 15 heavy (non-hydrogen) atoms. The molecule has 0 spiro atoms. The van der Waals surface area contributed by atoms with E-state index in [4.69, 9.17) is 11.6 Å². The Labute approximate surface area is 92.6 Å². The first-order valence-corrected chi connectivity index (χ1v) is 5.38. The van der Waals surface area contributed by atoms with Crippen LogP contribution in [0, 0.1) is 11.6 Å². The predicted octanol–water partition coefficient (Wildman–Crippen LogP) is 2.78. The van der Waals surface area contributed by atoms with Crippen LogP contribution >= 0.6 is 11.6 Å². The van der Waals surface area contributed by atoms with Gasteiger partial charge in [0.2, 0.25) is 0 Å². The lowest BCUT2D eigenvalue weighted by Gasteiger charge is -2.14. The smallest absolute Gasteiger partial charge is 0.126 e. The van der Waals surface area contributed by atoms with Crippen molar-refractivity contribution in [2.24, 2.45) is 0 Å². The molecule has 2 rings (SSSR count). The van der Waals surface area contributed by atoms with Crippen molar-refractivity contribution in [1.82, 2.24) is 4.90 Å². The van der Waals surface area contributed by atoms with Crippen LogP contribution in [0.5, 0.6) is 0 Å². The number of likely N-dealkylation sites (tertiary alicyclic amines) is 1. The summed E-state index contributed by atoms with van der Waals surface area (Å²) in [6.45, 7) is 2.25. The minimum atomic E-state index is -0.522. The van der Waals surface area contributed by atoms with Gasteiger partial charge >= 0.3 is 0 Å². The molecule has 0 aromatic heterocycles. The average molecular weight is 232 g/mol. The Bertz CT molecular complexity index is 336. The molecular weight excluding hydrogens is 220 g/mol. The molecule has 4 heteroatoms. The molecule has 0 radical (unpaired) electrons. The highest BCUT2D eigenvalue weighted by molar-refractivity contribution is 6.20. The third-order valence-corrected chi connectivity index (χ3v) is 2.90. The highest BCUT2D eigenvalue weighted by atomic mass is 35.5. The zero-order chi connectivity index (χ0) is 10.8. The van der Waals surface area contributed by atoms with Crippen molar-refractivity contribution in [2.75, 3.05) is 13.1 Å². The Balaban J connectivity index is 2.04. The van der Waals surface area contributed by atoms with Crippen molar-refractivity contribution >= 4 is 11.6 Å². The lowest BCUT2D eigenvalue weighted by Crippen LogP contribution is -2.20. The Morgan fingerprint density at radius 3 is 2.47 bits per heavy atom. The third-order valence-electron chi connectivity index (χ3n) is 2.54. The number of nitrogens with zero attached hydrogens (tertiary/aromatic N) is 1. The summed E-state index contributed by atoms with van der Waals surface area (Å²) in [7, 11) is 0. The van der Waals surface area contributed by atoms with Gasteiger partial charge in [0.1, 0.15) is 11.6 Å². The highest BCUT2D eigenvalue weighted by Gasteiger charge is 2.20. The fraction of sp³-hybridized carbons (Fsp3) is 0.455. The van der Waals surface area contributed by atoms with Crippen LogP contribution in [0.4, 0.5) is 8.78 Å². The maximum atomic E-state index is 12.9. The molecule has 1 unspecified atom stereocenters. The molecule has 1 aromatic carbocycles. The van der Waals surface area contributed by atoms with E-state index in [-0.39, 0.29) is 5.38 Å². The lowest BCUT2D eigenvalue weighted by atomic mass is 10.2. The molecule has 0 saturated carbocycles. The number of rotatable bonds is 2. The van der Waals surface area contributed by atoms with E-state index in [0.717, 1.165) is 25.6 Å². The van der Waals surface area contributed by atoms with Gasteiger partial charge in [0, 0.05) is 24.5 Å². The second kappa shape index (κ2) is 4.45. The molecule has 1 aromatic rings. The van der Waals surface area contributed by atoms with Crippen molar-refractivity contribution in [3.05, 3.63) is 35.4 Å². The largest absolute Gasteiger partial charge is 0.298 e. The van der Waals surface area contributed by atoms with Gasteiger partial charge in [-0.2, -0.15) is 0 Å². The van der Waals surface area contributed by atoms with Crippen LogP contribution in [-0.4, -0.2) is 23.4 Å². The van der Waals surface area contributed by atoms with Crippen molar-refractivity contribution in [3.63, 3.8) is 0 Å². The Kier molecular flexibility index (Phi) is 3.22. The molecule has 1 aliphatic heterocycles. The van der Waals surface area contributed by atoms with Crippen molar-refractivity contribution in [2.45, 2.75) is 18.3 Å². The van der Waals surface area contributed by atoms with Crippen LogP contribution in [0.1, 0.15) is 12.0 Å². The van der Waals surface area contributed by atoms with Crippen LogP contribution in [0.2, 0.25) is 0 Å². The minimum absolute atomic E-state index is 0.170. The number of halogens is 3. The number of hydrogen-bond donors (Lipinski definition) is 0. The zero-order valence-corrected chi connectivity index (χ0v) is 8.97. The maximum absolute atomic E-state index is 12.9.